The lowest BCUT2D eigenvalue weighted by Gasteiger charge is -2.51. The number of piperidine rings is 1. The summed E-state index contributed by atoms with van der Waals surface area (Å²) >= 11 is 5.84. The molecule has 3 aliphatic rings. The molecule has 1 N–H and O–H groups in total. The monoisotopic (exact) mass is 466 g/mol. The van der Waals surface area contributed by atoms with Crippen molar-refractivity contribution in [3.05, 3.63) is 29.4 Å². The molecule has 3 atom stereocenters. The Kier molecular flexibility index (Phi) is 5.56. The predicted molar refractivity (Wildman–Crippen MR) is 116 cm³/mol. The van der Waals surface area contributed by atoms with Gasteiger partial charge in [-0.3, -0.25) is 4.21 Å². The van der Waals surface area contributed by atoms with Crippen molar-refractivity contribution in [2.24, 2.45) is 0 Å². The van der Waals surface area contributed by atoms with E-state index in [2.05, 4.69) is 19.9 Å². The van der Waals surface area contributed by atoms with Gasteiger partial charge in [0.15, 0.2) is 5.82 Å². The Hall–Kier alpha value is -1.91. The second kappa shape index (κ2) is 8.22. The van der Waals surface area contributed by atoms with Crippen LogP contribution in [0.2, 0.25) is 5.02 Å². The van der Waals surface area contributed by atoms with Crippen LogP contribution in [-0.4, -0.2) is 73.0 Å². The summed E-state index contributed by atoms with van der Waals surface area (Å²) in [5, 5.41) is 10.5. The summed E-state index contributed by atoms with van der Waals surface area (Å²) in [5.74, 6) is 1.59. The van der Waals surface area contributed by atoms with E-state index in [4.69, 9.17) is 16.6 Å². The summed E-state index contributed by atoms with van der Waals surface area (Å²) in [4.78, 5) is 22.0. The summed E-state index contributed by atoms with van der Waals surface area (Å²) in [7, 11) is -1.17. The molecule has 0 amide bonds. The van der Waals surface area contributed by atoms with E-state index >= 15 is 4.39 Å². The highest BCUT2D eigenvalue weighted by Gasteiger charge is 2.45. The number of rotatable bonds is 4. The molecular weight excluding hydrogens is 443 g/mol. The Morgan fingerprint density at radius 1 is 1.23 bits per heavy atom. The SMILES string of the molecule is O=[S@]1CCN(C2(CO)CCC2)c2nc(N3CCC(c4ncc(Cl)cn4)C(F)C3)ncc21. The zero-order valence-corrected chi connectivity index (χ0v) is 18.5. The zero-order valence-electron chi connectivity index (χ0n) is 17.0. The smallest absolute Gasteiger partial charge is 0.227 e. The molecule has 2 aromatic heterocycles. The summed E-state index contributed by atoms with van der Waals surface area (Å²) in [6.45, 7) is 1.31. The maximum Gasteiger partial charge on any atom is 0.227 e. The molecule has 0 aromatic carbocycles. The summed E-state index contributed by atoms with van der Waals surface area (Å²) < 4.78 is 27.6. The van der Waals surface area contributed by atoms with Crippen LogP contribution in [0.25, 0.3) is 0 Å². The van der Waals surface area contributed by atoms with Gasteiger partial charge in [0.05, 0.1) is 51.5 Å². The summed E-state index contributed by atoms with van der Waals surface area (Å²) in [6, 6.07) is 0. The molecule has 1 aliphatic carbocycles. The number of aromatic nitrogens is 4. The molecule has 0 radical (unpaired) electrons. The molecule has 1 saturated carbocycles. The maximum absolute atomic E-state index is 15.1. The number of hydrogen-bond donors (Lipinski definition) is 1. The molecular formula is C20H24ClFN6O2S. The first kappa shape index (κ1) is 21.0. The van der Waals surface area contributed by atoms with E-state index in [-0.39, 0.29) is 18.7 Å². The third-order valence-corrected chi connectivity index (χ3v) is 8.20. The third-order valence-electron chi connectivity index (χ3n) is 6.67. The van der Waals surface area contributed by atoms with Crippen molar-refractivity contribution in [3.63, 3.8) is 0 Å². The van der Waals surface area contributed by atoms with Crippen LogP contribution in [0.15, 0.2) is 23.5 Å². The normalized spacial score (nSPS) is 27.5. The molecule has 5 rings (SSSR count). The Morgan fingerprint density at radius 3 is 2.65 bits per heavy atom. The largest absolute Gasteiger partial charge is 0.394 e. The molecule has 4 heterocycles. The van der Waals surface area contributed by atoms with E-state index < -0.39 is 22.9 Å². The lowest BCUT2D eigenvalue weighted by atomic mass is 9.76. The molecule has 2 aliphatic heterocycles. The van der Waals surface area contributed by atoms with Crippen LogP contribution in [0.1, 0.15) is 37.4 Å². The number of anilines is 2. The van der Waals surface area contributed by atoms with Gasteiger partial charge >= 0.3 is 0 Å². The van der Waals surface area contributed by atoms with Crippen molar-refractivity contribution < 1.29 is 13.7 Å². The lowest BCUT2D eigenvalue weighted by Crippen LogP contribution is -2.59. The number of nitrogens with zero attached hydrogens (tertiary/aromatic N) is 6. The van der Waals surface area contributed by atoms with E-state index in [1.54, 1.807) is 6.20 Å². The first-order valence-corrected chi connectivity index (χ1v) is 12.2. The molecule has 2 fully saturated rings. The topological polar surface area (TPSA) is 95.3 Å². The molecule has 1 saturated heterocycles. The van der Waals surface area contributed by atoms with E-state index in [1.165, 1.54) is 12.4 Å². The highest BCUT2D eigenvalue weighted by Crippen LogP contribution is 2.43. The van der Waals surface area contributed by atoms with Crippen LogP contribution in [-0.2, 0) is 10.8 Å². The fourth-order valence-electron chi connectivity index (χ4n) is 4.70. The fraction of sp³-hybridized carbons (Fsp3) is 0.600. The molecule has 8 nitrogen and oxygen atoms in total. The number of halogens is 2. The van der Waals surface area contributed by atoms with Crippen molar-refractivity contribution in [2.45, 2.75) is 48.2 Å². The van der Waals surface area contributed by atoms with E-state index in [0.717, 1.165) is 19.3 Å². The predicted octanol–water partition coefficient (Wildman–Crippen LogP) is 2.09. The van der Waals surface area contributed by atoms with Gasteiger partial charge in [0.25, 0.3) is 0 Å². The Morgan fingerprint density at radius 2 is 2.00 bits per heavy atom. The van der Waals surface area contributed by atoms with Crippen molar-refractivity contribution in [2.75, 3.05) is 41.8 Å². The van der Waals surface area contributed by atoms with Crippen LogP contribution in [0.4, 0.5) is 16.2 Å². The van der Waals surface area contributed by atoms with Crippen molar-refractivity contribution in [3.8, 4) is 0 Å². The second-order valence-corrected chi connectivity index (χ2v) is 10.4. The number of alkyl halides is 1. The fourth-order valence-corrected chi connectivity index (χ4v) is 5.90. The van der Waals surface area contributed by atoms with Gasteiger partial charge in [0.2, 0.25) is 5.95 Å². The minimum atomic E-state index is -1.17. The van der Waals surface area contributed by atoms with Gasteiger partial charge in [0, 0.05) is 31.2 Å². The maximum atomic E-state index is 15.1. The quantitative estimate of drug-likeness (QED) is 0.731. The molecule has 31 heavy (non-hydrogen) atoms. The van der Waals surface area contributed by atoms with Gasteiger partial charge in [0.1, 0.15) is 12.0 Å². The van der Waals surface area contributed by atoms with Crippen LogP contribution < -0.4 is 9.80 Å². The van der Waals surface area contributed by atoms with Gasteiger partial charge in [-0.2, -0.15) is 4.98 Å². The lowest BCUT2D eigenvalue weighted by molar-refractivity contribution is 0.115. The highest BCUT2D eigenvalue weighted by atomic mass is 35.5. The number of fused-ring (bicyclic) bond motifs is 1. The van der Waals surface area contributed by atoms with Gasteiger partial charge in [-0.25, -0.2) is 19.3 Å². The second-order valence-electron chi connectivity index (χ2n) is 8.41. The van der Waals surface area contributed by atoms with Crippen LogP contribution in [0, 0.1) is 0 Å². The molecule has 2 aromatic rings. The molecule has 0 bridgehead atoms. The molecule has 2 unspecified atom stereocenters. The highest BCUT2D eigenvalue weighted by molar-refractivity contribution is 7.85. The Balaban J connectivity index is 1.39. The molecule has 0 spiro atoms. The van der Waals surface area contributed by atoms with Crippen LogP contribution >= 0.6 is 11.6 Å². The van der Waals surface area contributed by atoms with Gasteiger partial charge in [-0.15, -0.1) is 0 Å². The standard InChI is InChI=1S/C20H24ClFN6O2S/c21-13-8-23-17(24-9-13)14-2-5-27(11-15(14)22)19-25-10-16-18(26-19)28(6-7-31(16)30)20(12-29)3-1-4-20/h8-10,14-15,29H,1-7,11-12H2/t14?,15?,31-/m0/s1. The minimum Gasteiger partial charge on any atom is -0.394 e. The summed E-state index contributed by atoms with van der Waals surface area (Å²) in [6.07, 6.45) is 6.75. The van der Waals surface area contributed by atoms with E-state index in [1.807, 2.05) is 4.90 Å². The van der Waals surface area contributed by atoms with Gasteiger partial charge < -0.3 is 14.9 Å². The van der Waals surface area contributed by atoms with Crippen molar-refractivity contribution >= 4 is 34.2 Å². The minimum absolute atomic E-state index is 0.0391. The van der Waals surface area contributed by atoms with E-state index in [9.17, 15) is 9.32 Å². The van der Waals surface area contributed by atoms with Crippen molar-refractivity contribution in [1.29, 1.82) is 0 Å². The first-order valence-electron chi connectivity index (χ1n) is 10.5. The zero-order chi connectivity index (χ0) is 21.6. The summed E-state index contributed by atoms with van der Waals surface area (Å²) in [5.41, 5.74) is -0.341. The third kappa shape index (κ3) is 3.68. The van der Waals surface area contributed by atoms with E-state index in [0.29, 0.717) is 52.8 Å². The first-order chi connectivity index (χ1) is 15.0. The Bertz CT molecular complexity index is 987. The molecule has 11 heteroatoms. The average Bonchev–Trinajstić information content (AvgIpc) is 2.75. The van der Waals surface area contributed by atoms with Crippen molar-refractivity contribution in [1.82, 2.24) is 19.9 Å². The molecule has 166 valence electrons. The van der Waals surface area contributed by atoms with Crippen LogP contribution in [0.5, 0.6) is 0 Å². The van der Waals surface area contributed by atoms with Gasteiger partial charge in [-0.05, 0) is 25.7 Å². The number of aliphatic hydroxyl groups is 1. The Labute approximate surface area is 187 Å². The van der Waals surface area contributed by atoms with Gasteiger partial charge in [-0.1, -0.05) is 11.6 Å². The number of aliphatic hydroxyl groups excluding tert-OH is 1. The van der Waals surface area contributed by atoms with Crippen LogP contribution in [0.3, 0.4) is 0 Å². The number of hydrogen-bond acceptors (Lipinski definition) is 8. The average molecular weight is 467 g/mol.